The van der Waals surface area contributed by atoms with Crippen LogP contribution in [-0.4, -0.2) is 7.05 Å². The molecule has 0 aromatic heterocycles. The first kappa shape index (κ1) is 8.21. The second-order valence-electron chi connectivity index (χ2n) is 2.48. The number of benzene rings is 1. The average Bonchev–Trinajstić information content (AvgIpc) is 2.07. The van der Waals surface area contributed by atoms with Gasteiger partial charge in [-0.15, -0.1) is 0 Å². The molecule has 60 valence electrons. The normalized spacial score (nSPS) is 10.0. The third-order valence-electron chi connectivity index (χ3n) is 1.56. The second-order valence-corrected chi connectivity index (χ2v) is 2.48. The zero-order valence-electron chi connectivity index (χ0n) is 6.60. The summed E-state index contributed by atoms with van der Waals surface area (Å²) in [5, 5.41) is 3.03. The fourth-order valence-electron chi connectivity index (χ4n) is 0.950. The van der Waals surface area contributed by atoms with E-state index >= 15 is 0 Å². The van der Waals surface area contributed by atoms with Crippen molar-refractivity contribution in [3.8, 4) is 0 Å². The van der Waals surface area contributed by atoms with Gasteiger partial charge in [0.05, 0.1) is 0 Å². The minimum absolute atomic E-state index is 0.375. The summed E-state index contributed by atoms with van der Waals surface area (Å²) in [5.41, 5.74) is 1.93. The minimum Gasteiger partial charge on any atom is -0.316 e. The maximum absolute atomic E-state index is 12.0. The van der Waals surface area contributed by atoms with Crippen molar-refractivity contribution in [1.29, 1.82) is 0 Å². The topological polar surface area (TPSA) is 12.0 Å². The number of hydrogen-bond acceptors (Lipinski definition) is 1. The molecule has 2 heteroatoms. The van der Waals surface area contributed by atoms with Crippen molar-refractivity contribution in [1.82, 2.24) is 5.32 Å². The van der Waals surface area contributed by atoms with Gasteiger partial charge in [-0.25, -0.2) is 4.39 Å². The van der Waals surface area contributed by atoms with Gasteiger partial charge in [0.2, 0.25) is 0 Å². The van der Waals surface area contributed by atoms with Crippen molar-refractivity contribution in [3.63, 3.8) is 0 Å². The van der Waals surface area contributed by atoms with Gasteiger partial charge in [0, 0.05) is 6.54 Å². The highest BCUT2D eigenvalue weighted by molar-refractivity contribution is 5.21. The summed E-state index contributed by atoms with van der Waals surface area (Å²) in [6.07, 6.45) is 0. The van der Waals surface area contributed by atoms with Gasteiger partial charge >= 0.3 is 0 Å². The highest BCUT2D eigenvalue weighted by Crippen LogP contribution is 2.04. The molecule has 11 heavy (non-hydrogen) atoms. The number of halogens is 1. The lowest BCUT2D eigenvalue weighted by Gasteiger charge is -1.99. The SMILES string of the molecule is CNCc1ccc(CF)cc1. The lowest BCUT2D eigenvalue weighted by atomic mass is 10.1. The Bertz CT molecular complexity index is 205. The molecule has 0 aliphatic carbocycles. The van der Waals surface area contributed by atoms with Gasteiger partial charge in [0.25, 0.3) is 0 Å². The summed E-state index contributed by atoms with van der Waals surface area (Å²) in [7, 11) is 1.89. The van der Waals surface area contributed by atoms with E-state index in [4.69, 9.17) is 0 Å². The summed E-state index contributed by atoms with van der Waals surface area (Å²) in [4.78, 5) is 0. The Morgan fingerprint density at radius 2 is 1.73 bits per heavy atom. The molecule has 1 N–H and O–H groups in total. The molecule has 1 nitrogen and oxygen atoms in total. The minimum atomic E-state index is -0.375. The van der Waals surface area contributed by atoms with E-state index in [2.05, 4.69) is 5.32 Å². The molecule has 1 rings (SSSR count). The molecule has 0 atom stereocenters. The van der Waals surface area contributed by atoms with Crippen LogP contribution in [0.3, 0.4) is 0 Å². The molecular weight excluding hydrogens is 141 g/mol. The van der Waals surface area contributed by atoms with Crippen molar-refractivity contribution >= 4 is 0 Å². The third kappa shape index (κ3) is 2.31. The highest BCUT2D eigenvalue weighted by Gasteiger charge is 1.91. The van der Waals surface area contributed by atoms with Crippen molar-refractivity contribution in [2.75, 3.05) is 7.05 Å². The fraction of sp³-hybridized carbons (Fsp3) is 0.333. The molecule has 0 spiro atoms. The molecule has 0 heterocycles. The summed E-state index contributed by atoms with van der Waals surface area (Å²) in [6.45, 7) is 0.465. The Morgan fingerprint density at radius 1 is 1.18 bits per heavy atom. The zero-order valence-corrected chi connectivity index (χ0v) is 6.60. The number of rotatable bonds is 3. The van der Waals surface area contributed by atoms with Crippen LogP contribution in [0, 0.1) is 0 Å². The van der Waals surface area contributed by atoms with Gasteiger partial charge in [-0.2, -0.15) is 0 Å². The van der Waals surface area contributed by atoms with Crippen molar-refractivity contribution in [2.24, 2.45) is 0 Å². The van der Waals surface area contributed by atoms with E-state index in [1.807, 2.05) is 31.3 Å². The van der Waals surface area contributed by atoms with Crippen LogP contribution in [0.5, 0.6) is 0 Å². The highest BCUT2D eigenvalue weighted by atomic mass is 19.1. The second kappa shape index (κ2) is 4.09. The van der Waals surface area contributed by atoms with E-state index in [1.165, 1.54) is 5.56 Å². The first-order valence-electron chi connectivity index (χ1n) is 3.65. The standard InChI is InChI=1S/C9H12FN/c1-11-7-9-4-2-8(6-10)3-5-9/h2-5,11H,6-7H2,1H3. The smallest absolute Gasteiger partial charge is 0.115 e. The van der Waals surface area contributed by atoms with E-state index in [9.17, 15) is 4.39 Å². The zero-order chi connectivity index (χ0) is 8.10. The molecule has 0 saturated heterocycles. The molecule has 0 radical (unpaired) electrons. The van der Waals surface area contributed by atoms with Crippen molar-refractivity contribution < 1.29 is 4.39 Å². The molecule has 0 amide bonds. The Morgan fingerprint density at radius 3 is 2.18 bits per heavy atom. The molecule has 0 unspecified atom stereocenters. The van der Waals surface area contributed by atoms with E-state index in [-0.39, 0.29) is 6.67 Å². The van der Waals surface area contributed by atoms with Crippen LogP contribution in [-0.2, 0) is 13.2 Å². The summed E-state index contributed by atoms with van der Waals surface area (Å²) in [5.74, 6) is 0. The number of nitrogens with one attached hydrogen (secondary N) is 1. The fourth-order valence-corrected chi connectivity index (χ4v) is 0.950. The molecule has 1 aromatic rings. The third-order valence-corrected chi connectivity index (χ3v) is 1.56. The lowest BCUT2D eigenvalue weighted by molar-refractivity contribution is 0.485. The Kier molecular flexibility index (Phi) is 3.05. The molecule has 1 aromatic carbocycles. The Labute approximate surface area is 66.2 Å². The molecule has 0 aliphatic rings. The van der Waals surface area contributed by atoms with Gasteiger partial charge in [0.1, 0.15) is 6.67 Å². The van der Waals surface area contributed by atoms with Crippen LogP contribution in [0.1, 0.15) is 11.1 Å². The maximum Gasteiger partial charge on any atom is 0.115 e. The molecule has 0 fully saturated rings. The molecular formula is C9H12FN. The predicted octanol–water partition coefficient (Wildman–Crippen LogP) is 1.88. The van der Waals surface area contributed by atoms with Gasteiger partial charge in [-0.05, 0) is 18.2 Å². The first-order chi connectivity index (χ1) is 5.36. The van der Waals surface area contributed by atoms with Crippen LogP contribution >= 0.6 is 0 Å². The van der Waals surface area contributed by atoms with Crippen LogP contribution in [0.2, 0.25) is 0 Å². The summed E-state index contributed by atoms with van der Waals surface area (Å²) >= 11 is 0. The summed E-state index contributed by atoms with van der Waals surface area (Å²) < 4.78 is 12.0. The van der Waals surface area contributed by atoms with Crippen LogP contribution in [0.4, 0.5) is 4.39 Å². The molecule has 0 saturated carbocycles. The Balaban J connectivity index is 2.66. The van der Waals surface area contributed by atoms with Gasteiger partial charge in [-0.3, -0.25) is 0 Å². The van der Waals surface area contributed by atoms with Crippen LogP contribution in [0.15, 0.2) is 24.3 Å². The van der Waals surface area contributed by atoms with Gasteiger partial charge in [0.15, 0.2) is 0 Å². The van der Waals surface area contributed by atoms with Gasteiger partial charge in [-0.1, -0.05) is 24.3 Å². The van der Waals surface area contributed by atoms with E-state index < -0.39 is 0 Å². The van der Waals surface area contributed by atoms with Crippen LogP contribution in [0.25, 0.3) is 0 Å². The van der Waals surface area contributed by atoms with Crippen molar-refractivity contribution in [2.45, 2.75) is 13.2 Å². The maximum atomic E-state index is 12.0. The number of alkyl halides is 1. The number of hydrogen-bond donors (Lipinski definition) is 1. The van der Waals surface area contributed by atoms with Crippen molar-refractivity contribution in [3.05, 3.63) is 35.4 Å². The van der Waals surface area contributed by atoms with E-state index in [1.54, 1.807) is 0 Å². The molecule has 0 bridgehead atoms. The average molecular weight is 153 g/mol. The monoisotopic (exact) mass is 153 g/mol. The quantitative estimate of drug-likeness (QED) is 0.699. The van der Waals surface area contributed by atoms with Gasteiger partial charge < -0.3 is 5.32 Å². The Hall–Kier alpha value is -0.890. The first-order valence-corrected chi connectivity index (χ1v) is 3.65. The van der Waals surface area contributed by atoms with Crippen LogP contribution < -0.4 is 5.32 Å². The summed E-state index contributed by atoms with van der Waals surface area (Å²) in [6, 6.07) is 7.50. The van der Waals surface area contributed by atoms with E-state index in [0.717, 1.165) is 12.1 Å². The lowest BCUT2D eigenvalue weighted by Crippen LogP contribution is -2.04. The molecule has 0 aliphatic heterocycles. The largest absolute Gasteiger partial charge is 0.316 e. The van der Waals surface area contributed by atoms with E-state index in [0.29, 0.717) is 0 Å². The predicted molar refractivity (Wildman–Crippen MR) is 44.0 cm³/mol.